The second-order valence-electron chi connectivity index (χ2n) is 2.11. The van der Waals surface area contributed by atoms with Gasteiger partial charge < -0.3 is 5.11 Å². The zero-order valence-corrected chi connectivity index (χ0v) is 5.83. The van der Waals surface area contributed by atoms with E-state index in [2.05, 4.69) is 0 Å². The normalized spacial score (nSPS) is 10.8. The first-order chi connectivity index (χ1) is 3.62. The molecule has 0 saturated heterocycles. The fraction of sp³-hybridized carbons (Fsp3) is 0.800. The van der Waals surface area contributed by atoms with Gasteiger partial charge in [0.1, 0.15) is 5.40 Å². The van der Waals surface area contributed by atoms with Gasteiger partial charge in [-0.25, -0.2) is 0 Å². The van der Waals surface area contributed by atoms with Crippen LogP contribution < -0.4 is 0 Å². The Hall–Kier alpha value is -0.200. The predicted octanol–water partition coefficient (Wildman–Crippen LogP) is 0.972. The first-order valence-electron chi connectivity index (χ1n) is 2.30. The fourth-order valence-corrected chi connectivity index (χ4v) is 0.468. The molecule has 0 aromatic rings. The van der Waals surface area contributed by atoms with E-state index in [9.17, 15) is 0 Å². The number of hydrogen-bond acceptors (Lipinski definition) is 3. The maximum atomic E-state index is 8.55. The van der Waals surface area contributed by atoms with E-state index in [0.717, 1.165) is 11.8 Å². The Balaban J connectivity index is 3.58. The van der Waals surface area contributed by atoms with Crippen LogP contribution in [-0.2, 0) is 0 Å². The molecule has 2 nitrogen and oxygen atoms in total. The average Bonchev–Trinajstić information content (AvgIpc) is 1.67. The lowest BCUT2D eigenvalue weighted by molar-refractivity contribution is 0.265. The summed E-state index contributed by atoms with van der Waals surface area (Å²) in [5.41, 5.74) is 0. The Labute approximate surface area is 53.5 Å². The molecule has 0 aliphatic rings. The SMILES string of the molecule is CC(C)(CO)SC#N. The summed E-state index contributed by atoms with van der Waals surface area (Å²) in [6, 6.07) is 0. The van der Waals surface area contributed by atoms with Gasteiger partial charge in [-0.1, -0.05) is 0 Å². The van der Waals surface area contributed by atoms with E-state index >= 15 is 0 Å². The molecule has 3 heteroatoms. The molecule has 0 spiro atoms. The van der Waals surface area contributed by atoms with E-state index in [0.29, 0.717) is 0 Å². The van der Waals surface area contributed by atoms with Crippen molar-refractivity contribution in [2.24, 2.45) is 0 Å². The Morgan fingerprint density at radius 3 is 2.38 bits per heavy atom. The number of aliphatic hydroxyl groups is 1. The molecular formula is C5H9NOS. The summed E-state index contributed by atoms with van der Waals surface area (Å²) in [7, 11) is 0. The monoisotopic (exact) mass is 131 g/mol. The molecule has 0 unspecified atom stereocenters. The molecule has 0 aromatic carbocycles. The molecule has 1 N–H and O–H groups in total. The summed E-state index contributed by atoms with van der Waals surface area (Å²) < 4.78 is -0.297. The molecule has 0 fully saturated rings. The molecule has 0 amide bonds. The van der Waals surface area contributed by atoms with Gasteiger partial charge in [-0.3, -0.25) is 0 Å². The maximum Gasteiger partial charge on any atom is 0.133 e. The van der Waals surface area contributed by atoms with Crippen molar-refractivity contribution >= 4 is 11.8 Å². The van der Waals surface area contributed by atoms with Gasteiger partial charge in [-0.15, -0.1) is 0 Å². The van der Waals surface area contributed by atoms with Crippen molar-refractivity contribution in [3.05, 3.63) is 0 Å². The van der Waals surface area contributed by atoms with E-state index < -0.39 is 0 Å². The number of rotatable bonds is 2. The minimum Gasteiger partial charge on any atom is -0.395 e. The second-order valence-corrected chi connectivity index (χ2v) is 3.60. The van der Waals surface area contributed by atoms with Gasteiger partial charge in [0, 0.05) is 4.75 Å². The summed E-state index contributed by atoms with van der Waals surface area (Å²) in [6.07, 6.45) is 0. The molecule has 0 bridgehead atoms. The summed E-state index contributed by atoms with van der Waals surface area (Å²) in [5.74, 6) is 0. The summed E-state index contributed by atoms with van der Waals surface area (Å²) in [6.45, 7) is 3.69. The number of thiocyanates is 1. The third-order valence-electron chi connectivity index (χ3n) is 0.703. The van der Waals surface area contributed by atoms with Crippen LogP contribution in [0.2, 0.25) is 0 Å². The van der Waals surface area contributed by atoms with E-state index in [1.165, 1.54) is 0 Å². The van der Waals surface area contributed by atoms with Gasteiger partial charge >= 0.3 is 0 Å². The molecule has 0 atom stereocenters. The quantitative estimate of drug-likeness (QED) is 0.568. The zero-order valence-electron chi connectivity index (χ0n) is 5.01. The lowest BCUT2D eigenvalue weighted by Gasteiger charge is -2.14. The molecule has 0 aliphatic carbocycles. The highest BCUT2D eigenvalue weighted by atomic mass is 32.2. The molecular weight excluding hydrogens is 122 g/mol. The summed E-state index contributed by atoms with van der Waals surface area (Å²) in [4.78, 5) is 0. The van der Waals surface area contributed by atoms with Gasteiger partial charge in [0.25, 0.3) is 0 Å². The first-order valence-corrected chi connectivity index (χ1v) is 3.12. The maximum absolute atomic E-state index is 8.55. The number of aliphatic hydroxyl groups excluding tert-OH is 1. The van der Waals surface area contributed by atoms with E-state index in [1.807, 2.05) is 19.2 Å². The molecule has 0 aromatic heterocycles. The van der Waals surface area contributed by atoms with Crippen molar-refractivity contribution in [2.75, 3.05) is 6.61 Å². The van der Waals surface area contributed by atoms with Crippen molar-refractivity contribution in [2.45, 2.75) is 18.6 Å². The lowest BCUT2D eigenvalue weighted by Crippen LogP contribution is -2.18. The summed E-state index contributed by atoms with van der Waals surface area (Å²) in [5, 5.41) is 18.6. The molecule has 0 heterocycles. The number of nitrogens with zero attached hydrogens (tertiary/aromatic N) is 1. The standard InChI is InChI=1S/C5H9NOS/c1-5(2,3-7)8-4-6/h7H,3H2,1-2H3. The Morgan fingerprint density at radius 1 is 1.75 bits per heavy atom. The predicted molar refractivity (Wildman–Crippen MR) is 34.4 cm³/mol. The zero-order chi connectivity index (χ0) is 6.62. The second kappa shape index (κ2) is 2.95. The summed E-state index contributed by atoms with van der Waals surface area (Å²) >= 11 is 1.09. The Morgan fingerprint density at radius 2 is 2.25 bits per heavy atom. The van der Waals surface area contributed by atoms with Crippen LogP contribution in [0.3, 0.4) is 0 Å². The average molecular weight is 131 g/mol. The highest BCUT2D eigenvalue weighted by molar-refractivity contribution is 8.05. The minimum atomic E-state index is -0.297. The van der Waals surface area contributed by atoms with Crippen LogP contribution in [0.25, 0.3) is 0 Å². The lowest BCUT2D eigenvalue weighted by atomic mass is 10.2. The third kappa shape index (κ3) is 2.89. The van der Waals surface area contributed by atoms with E-state index in [1.54, 1.807) is 0 Å². The van der Waals surface area contributed by atoms with Crippen LogP contribution in [0.4, 0.5) is 0 Å². The van der Waals surface area contributed by atoms with Crippen LogP contribution in [0, 0.1) is 10.7 Å². The van der Waals surface area contributed by atoms with Crippen LogP contribution in [-0.4, -0.2) is 16.5 Å². The van der Waals surface area contributed by atoms with Gasteiger partial charge in [-0.2, -0.15) is 5.26 Å². The van der Waals surface area contributed by atoms with Crippen molar-refractivity contribution < 1.29 is 5.11 Å². The molecule has 0 aliphatic heterocycles. The van der Waals surface area contributed by atoms with Crippen LogP contribution in [0.1, 0.15) is 13.8 Å². The Bertz CT molecular complexity index is 105. The largest absolute Gasteiger partial charge is 0.395 e. The van der Waals surface area contributed by atoms with E-state index in [4.69, 9.17) is 10.4 Å². The van der Waals surface area contributed by atoms with Gasteiger partial charge in [-0.05, 0) is 25.6 Å². The highest BCUT2D eigenvalue weighted by Gasteiger charge is 2.15. The molecule has 46 valence electrons. The van der Waals surface area contributed by atoms with Crippen LogP contribution in [0.5, 0.6) is 0 Å². The van der Waals surface area contributed by atoms with Crippen molar-refractivity contribution in [1.82, 2.24) is 0 Å². The van der Waals surface area contributed by atoms with Crippen LogP contribution >= 0.6 is 11.8 Å². The smallest absolute Gasteiger partial charge is 0.133 e. The third-order valence-corrected chi connectivity index (χ3v) is 1.48. The van der Waals surface area contributed by atoms with E-state index in [-0.39, 0.29) is 11.4 Å². The van der Waals surface area contributed by atoms with Gasteiger partial charge in [0.05, 0.1) is 6.61 Å². The van der Waals surface area contributed by atoms with Crippen LogP contribution in [0.15, 0.2) is 0 Å². The topological polar surface area (TPSA) is 44.0 Å². The van der Waals surface area contributed by atoms with Crippen molar-refractivity contribution in [3.8, 4) is 5.40 Å². The molecule has 0 rings (SSSR count). The molecule has 8 heavy (non-hydrogen) atoms. The number of thioether (sulfide) groups is 1. The molecule has 0 radical (unpaired) electrons. The van der Waals surface area contributed by atoms with Crippen molar-refractivity contribution in [3.63, 3.8) is 0 Å². The molecule has 0 saturated carbocycles. The van der Waals surface area contributed by atoms with Gasteiger partial charge in [0.2, 0.25) is 0 Å². The first kappa shape index (κ1) is 7.80. The highest BCUT2D eigenvalue weighted by Crippen LogP contribution is 2.21. The number of nitriles is 1. The Kier molecular flexibility index (Phi) is 2.88. The number of hydrogen-bond donors (Lipinski definition) is 1. The van der Waals surface area contributed by atoms with Gasteiger partial charge in [0.15, 0.2) is 0 Å². The fourth-order valence-electron chi connectivity index (χ4n) is 0.156. The van der Waals surface area contributed by atoms with Crippen molar-refractivity contribution in [1.29, 1.82) is 5.26 Å². The minimum absolute atomic E-state index is 0.0469.